The van der Waals surface area contributed by atoms with Crippen LogP contribution >= 0.6 is 0 Å². The van der Waals surface area contributed by atoms with Gasteiger partial charge in [-0.15, -0.1) is 0 Å². The fraction of sp³-hybridized carbons (Fsp3) is 0.481. The second kappa shape index (κ2) is 11.5. The molecule has 0 saturated carbocycles. The number of anilines is 1. The summed E-state index contributed by atoms with van der Waals surface area (Å²) in [6.45, 7) is 5.83. The van der Waals surface area contributed by atoms with Gasteiger partial charge in [0.2, 0.25) is 0 Å². The van der Waals surface area contributed by atoms with E-state index < -0.39 is 11.8 Å². The van der Waals surface area contributed by atoms with Crippen molar-refractivity contribution in [1.82, 2.24) is 20.4 Å². The number of nitrogens with zero attached hydrogens (tertiary/aromatic N) is 3. The average Bonchev–Trinajstić information content (AvgIpc) is 2.86. The predicted octanol–water partition coefficient (Wildman–Crippen LogP) is 1.83. The van der Waals surface area contributed by atoms with E-state index in [4.69, 9.17) is 0 Å². The Bertz CT molecular complexity index is 972. The summed E-state index contributed by atoms with van der Waals surface area (Å²) in [5.74, 6) is -1.13. The van der Waals surface area contributed by atoms with Gasteiger partial charge in [-0.3, -0.25) is 14.5 Å². The minimum atomic E-state index is -0.569. The third-order valence-electron chi connectivity index (χ3n) is 7.02. The molecule has 4 rings (SSSR count). The van der Waals surface area contributed by atoms with E-state index in [1.54, 1.807) is 0 Å². The van der Waals surface area contributed by atoms with E-state index in [-0.39, 0.29) is 6.04 Å². The number of rotatable bonds is 7. The molecule has 1 fully saturated rings. The number of carbonyl (C=O) groups is 2. The zero-order valence-corrected chi connectivity index (χ0v) is 20.4. The highest BCUT2D eigenvalue weighted by molar-refractivity contribution is 6.35. The smallest absolute Gasteiger partial charge is 0.309 e. The van der Waals surface area contributed by atoms with Crippen LogP contribution in [0.2, 0.25) is 0 Å². The van der Waals surface area contributed by atoms with E-state index in [1.807, 2.05) is 30.3 Å². The van der Waals surface area contributed by atoms with Crippen LogP contribution in [0.1, 0.15) is 29.2 Å². The Labute approximate surface area is 203 Å². The highest BCUT2D eigenvalue weighted by Crippen LogP contribution is 2.31. The van der Waals surface area contributed by atoms with Crippen LogP contribution in [0.3, 0.4) is 0 Å². The van der Waals surface area contributed by atoms with E-state index in [0.717, 1.165) is 51.1 Å². The predicted molar refractivity (Wildman–Crippen MR) is 136 cm³/mol. The molecular formula is C27H37N5O2. The third kappa shape index (κ3) is 6.15. The standard InChI is InChI=1S/C27H37N5O2/c1-30-15-17-32(18-16-30)25(23-10-11-24-22(19-23)9-6-14-31(24)2)20-29-27(34)26(33)28-13-12-21-7-4-3-5-8-21/h3-5,7-8,10-11,19,25H,6,9,12-18,20H2,1-2H3,(H,28,33)(H,29,34)/t25-/m1/s1. The van der Waals surface area contributed by atoms with E-state index in [2.05, 4.69) is 57.6 Å². The van der Waals surface area contributed by atoms with Gasteiger partial charge in [0.1, 0.15) is 0 Å². The molecule has 2 aromatic rings. The average molecular weight is 464 g/mol. The first-order chi connectivity index (χ1) is 16.5. The van der Waals surface area contributed by atoms with Crippen LogP contribution in [0.4, 0.5) is 5.69 Å². The van der Waals surface area contributed by atoms with Crippen LogP contribution < -0.4 is 15.5 Å². The van der Waals surface area contributed by atoms with E-state index >= 15 is 0 Å². The Kier molecular flexibility index (Phi) is 8.19. The lowest BCUT2D eigenvalue weighted by atomic mass is 9.95. The van der Waals surface area contributed by atoms with Crippen LogP contribution in [-0.4, -0.2) is 81.5 Å². The van der Waals surface area contributed by atoms with Crippen LogP contribution in [-0.2, 0) is 22.4 Å². The van der Waals surface area contributed by atoms with Crippen molar-refractivity contribution in [3.05, 3.63) is 65.2 Å². The molecule has 2 amide bonds. The minimum Gasteiger partial charge on any atom is -0.374 e. The van der Waals surface area contributed by atoms with Gasteiger partial charge < -0.3 is 20.4 Å². The summed E-state index contributed by atoms with van der Waals surface area (Å²) in [6, 6.07) is 16.7. The lowest BCUT2D eigenvalue weighted by Gasteiger charge is -2.39. The first-order valence-electron chi connectivity index (χ1n) is 12.4. The summed E-state index contributed by atoms with van der Waals surface area (Å²) in [7, 11) is 4.29. The molecule has 7 heteroatoms. The van der Waals surface area contributed by atoms with Crippen molar-refractivity contribution in [2.75, 3.05) is 64.8 Å². The lowest BCUT2D eigenvalue weighted by molar-refractivity contribution is -0.139. The number of piperazine rings is 1. The summed E-state index contributed by atoms with van der Waals surface area (Å²) in [4.78, 5) is 32.0. The molecule has 34 heavy (non-hydrogen) atoms. The van der Waals surface area contributed by atoms with Crippen molar-refractivity contribution in [1.29, 1.82) is 0 Å². The number of fused-ring (bicyclic) bond motifs is 1. The van der Waals surface area contributed by atoms with Crippen molar-refractivity contribution < 1.29 is 9.59 Å². The second-order valence-electron chi connectivity index (χ2n) is 9.47. The number of benzene rings is 2. The summed E-state index contributed by atoms with van der Waals surface area (Å²) in [5, 5.41) is 5.66. The maximum absolute atomic E-state index is 12.6. The molecule has 2 N–H and O–H groups in total. The number of hydrogen-bond acceptors (Lipinski definition) is 5. The van der Waals surface area contributed by atoms with Crippen molar-refractivity contribution in [3.8, 4) is 0 Å². The van der Waals surface area contributed by atoms with Gasteiger partial charge in [-0.2, -0.15) is 0 Å². The first-order valence-corrected chi connectivity index (χ1v) is 12.4. The number of aryl methyl sites for hydroxylation is 1. The Balaban J connectivity index is 1.38. The van der Waals surface area contributed by atoms with Crippen LogP contribution in [0, 0.1) is 0 Å². The summed E-state index contributed by atoms with van der Waals surface area (Å²) < 4.78 is 0. The number of hydrogen-bond donors (Lipinski definition) is 2. The molecule has 0 spiro atoms. The summed E-state index contributed by atoms with van der Waals surface area (Å²) in [5.41, 5.74) is 5.02. The molecule has 0 unspecified atom stereocenters. The molecule has 0 bridgehead atoms. The van der Waals surface area contributed by atoms with Gasteiger partial charge in [0.05, 0.1) is 6.04 Å². The van der Waals surface area contributed by atoms with Gasteiger partial charge in [-0.25, -0.2) is 0 Å². The molecule has 1 saturated heterocycles. The van der Waals surface area contributed by atoms with Crippen molar-refractivity contribution in [2.45, 2.75) is 25.3 Å². The normalized spacial score (nSPS) is 17.6. The van der Waals surface area contributed by atoms with Crippen LogP contribution in [0.15, 0.2) is 48.5 Å². The zero-order valence-electron chi connectivity index (χ0n) is 20.4. The Morgan fingerprint density at radius 2 is 1.65 bits per heavy atom. The molecule has 1 atom stereocenters. The number of carbonyl (C=O) groups excluding carboxylic acids is 2. The van der Waals surface area contributed by atoms with E-state index in [1.165, 1.54) is 16.8 Å². The molecule has 2 aliphatic heterocycles. The quantitative estimate of drug-likeness (QED) is 0.614. The number of amides is 2. The number of nitrogens with one attached hydrogen (secondary N) is 2. The molecule has 7 nitrogen and oxygen atoms in total. The molecule has 0 aromatic heterocycles. The van der Waals surface area contributed by atoms with Gasteiger partial charge in [0, 0.05) is 58.5 Å². The topological polar surface area (TPSA) is 67.9 Å². The molecular weight excluding hydrogens is 426 g/mol. The van der Waals surface area contributed by atoms with Gasteiger partial charge >= 0.3 is 11.8 Å². The van der Waals surface area contributed by atoms with Crippen molar-refractivity contribution in [3.63, 3.8) is 0 Å². The largest absolute Gasteiger partial charge is 0.374 e. The Morgan fingerprint density at radius 3 is 2.41 bits per heavy atom. The van der Waals surface area contributed by atoms with Crippen molar-refractivity contribution >= 4 is 17.5 Å². The maximum Gasteiger partial charge on any atom is 0.309 e. The fourth-order valence-corrected chi connectivity index (χ4v) is 4.92. The lowest BCUT2D eigenvalue weighted by Crippen LogP contribution is -2.50. The molecule has 0 aliphatic carbocycles. The van der Waals surface area contributed by atoms with Crippen LogP contribution in [0.25, 0.3) is 0 Å². The molecule has 0 radical (unpaired) electrons. The fourth-order valence-electron chi connectivity index (χ4n) is 4.92. The third-order valence-corrected chi connectivity index (χ3v) is 7.02. The van der Waals surface area contributed by atoms with E-state index in [9.17, 15) is 9.59 Å². The summed E-state index contributed by atoms with van der Waals surface area (Å²) in [6.07, 6.45) is 2.94. The molecule has 182 valence electrons. The van der Waals surface area contributed by atoms with Gasteiger partial charge in [-0.05, 0) is 49.1 Å². The molecule has 2 heterocycles. The van der Waals surface area contributed by atoms with Crippen LogP contribution in [0.5, 0.6) is 0 Å². The molecule has 2 aromatic carbocycles. The zero-order chi connectivity index (χ0) is 23.9. The monoisotopic (exact) mass is 463 g/mol. The van der Waals surface area contributed by atoms with Crippen molar-refractivity contribution in [2.24, 2.45) is 0 Å². The highest BCUT2D eigenvalue weighted by Gasteiger charge is 2.26. The van der Waals surface area contributed by atoms with E-state index in [0.29, 0.717) is 19.5 Å². The van der Waals surface area contributed by atoms with Gasteiger partial charge in [0.15, 0.2) is 0 Å². The Hall–Kier alpha value is -2.90. The van der Waals surface area contributed by atoms with Gasteiger partial charge in [-0.1, -0.05) is 42.5 Å². The highest BCUT2D eigenvalue weighted by atomic mass is 16.2. The first kappa shape index (κ1) is 24.2. The number of likely N-dealkylation sites (N-methyl/N-ethyl adjacent to an activating group) is 1. The molecule has 2 aliphatic rings. The summed E-state index contributed by atoms with van der Waals surface area (Å²) >= 11 is 0. The minimum absolute atomic E-state index is 0.0484. The SMILES string of the molecule is CN1CCN([C@H](CNC(=O)C(=O)NCCc2ccccc2)c2ccc3c(c2)CCCN3C)CC1. The second-order valence-corrected chi connectivity index (χ2v) is 9.47. The van der Waals surface area contributed by atoms with Gasteiger partial charge in [0.25, 0.3) is 0 Å². The maximum atomic E-state index is 12.6. The Morgan fingerprint density at radius 1 is 0.912 bits per heavy atom.